The molecule has 0 saturated carbocycles. The summed E-state index contributed by atoms with van der Waals surface area (Å²) < 4.78 is 11.9. The predicted molar refractivity (Wildman–Crippen MR) is 185 cm³/mol. The molecular formula is C40H42O10. The highest BCUT2D eigenvalue weighted by atomic mass is 16.5. The molecule has 0 spiro atoms. The number of carboxylic acid groups (broad SMARTS) is 2. The van der Waals surface area contributed by atoms with Crippen LogP contribution in [0, 0.1) is 13.8 Å². The molecule has 2 N–H and O–H groups in total. The third-order valence-corrected chi connectivity index (χ3v) is 8.07. The minimum atomic E-state index is -0.843. The molecule has 0 aliphatic heterocycles. The summed E-state index contributed by atoms with van der Waals surface area (Å²) in [4.78, 5) is 55.5. The summed E-state index contributed by atoms with van der Waals surface area (Å²) in [5.41, 5.74) is 11.5. The summed E-state index contributed by atoms with van der Waals surface area (Å²) in [5.74, 6) is -0.181. The van der Waals surface area contributed by atoms with Crippen molar-refractivity contribution >= 4 is 24.2 Å². The SMILES string of the molecule is CCc1cc(-c2c(C)cc(-c3c(CC)cc(OC)cc3CCC(=O)O)cc2C)cc(CCC(=O)O)c1OCc1ccccc1.O=C=O.O=C=O. The van der Waals surface area contributed by atoms with E-state index in [9.17, 15) is 19.8 Å². The minimum absolute atomic E-state index is 0.0155. The van der Waals surface area contributed by atoms with Gasteiger partial charge < -0.3 is 19.7 Å². The van der Waals surface area contributed by atoms with Gasteiger partial charge in [0.1, 0.15) is 18.1 Å². The Morgan fingerprint density at radius 3 is 1.64 bits per heavy atom. The van der Waals surface area contributed by atoms with Crippen molar-refractivity contribution < 1.29 is 48.5 Å². The fourth-order valence-corrected chi connectivity index (χ4v) is 6.01. The molecule has 0 atom stereocenters. The van der Waals surface area contributed by atoms with Crippen molar-refractivity contribution in [2.24, 2.45) is 0 Å². The summed E-state index contributed by atoms with van der Waals surface area (Å²) in [7, 11) is 1.63. The lowest BCUT2D eigenvalue weighted by Crippen LogP contribution is -2.06. The van der Waals surface area contributed by atoms with Crippen molar-refractivity contribution in [2.45, 2.75) is 72.8 Å². The Hall–Kier alpha value is -5.82. The van der Waals surface area contributed by atoms with Gasteiger partial charge in [0.25, 0.3) is 0 Å². The lowest BCUT2D eigenvalue weighted by atomic mass is 9.85. The average molecular weight is 683 g/mol. The number of aryl methyl sites for hydroxylation is 6. The monoisotopic (exact) mass is 682 g/mol. The number of hydrogen-bond acceptors (Lipinski definition) is 8. The maximum Gasteiger partial charge on any atom is 0.373 e. The van der Waals surface area contributed by atoms with E-state index in [0.717, 1.165) is 85.5 Å². The highest BCUT2D eigenvalue weighted by Gasteiger charge is 2.19. The highest BCUT2D eigenvalue weighted by Crippen LogP contribution is 2.40. The molecule has 0 aliphatic rings. The fraction of sp³-hybridized carbons (Fsp3) is 0.300. The van der Waals surface area contributed by atoms with Gasteiger partial charge >= 0.3 is 24.2 Å². The molecule has 4 rings (SSSR count). The molecule has 0 bridgehead atoms. The molecule has 4 aromatic carbocycles. The number of hydrogen-bond donors (Lipinski definition) is 2. The van der Waals surface area contributed by atoms with Gasteiger partial charge in [-0.05, 0) is 125 Å². The highest BCUT2D eigenvalue weighted by molar-refractivity contribution is 5.81. The van der Waals surface area contributed by atoms with Crippen LogP contribution in [0.1, 0.15) is 65.6 Å². The third-order valence-electron chi connectivity index (χ3n) is 8.07. The van der Waals surface area contributed by atoms with Gasteiger partial charge in [-0.3, -0.25) is 9.59 Å². The Bertz CT molecular complexity index is 1800. The molecule has 0 aromatic heterocycles. The van der Waals surface area contributed by atoms with Crippen LogP contribution < -0.4 is 9.47 Å². The summed E-state index contributed by atoms with van der Waals surface area (Å²) in [6, 6.07) is 22.6. The molecule has 0 radical (unpaired) electrons. The van der Waals surface area contributed by atoms with Gasteiger partial charge in [-0.1, -0.05) is 56.3 Å². The van der Waals surface area contributed by atoms with Crippen LogP contribution in [0.2, 0.25) is 0 Å². The average Bonchev–Trinajstić information content (AvgIpc) is 3.09. The van der Waals surface area contributed by atoms with Crippen molar-refractivity contribution in [3.63, 3.8) is 0 Å². The number of carbonyl (C=O) groups excluding carboxylic acids is 4. The molecule has 4 aromatic rings. The fourth-order valence-electron chi connectivity index (χ4n) is 6.01. The quantitative estimate of drug-likeness (QED) is 0.139. The normalized spacial score (nSPS) is 9.94. The number of benzene rings is 4. The molecule has 0 unspecified atom stereocenters. The van der Waals surface area contributed by atoms with Crippen molar-refractivity contribution in [1.82, 2.24) is 0 Å². The second-order valence-corrected chi connectivity index (χ2v) is 11.4. The third kappa shape index (κ3) is 11.4. The molecule has 10 nitrogen and oxygen atoms in total. The number of carbonyl (C=O) groups is 2. The molecule has 0 saturated heterocycles. The predicted octanol–water partition coefficient (Wildman–Crippen LogP) is 7.22. The van der Waals surface area contributed by atoms with Crippen molar-refractivity contribution in [3.05, 3.63) is 106 Å². The van der Waals surface area contributed by atoms with E-state index < -0.39 is 11.9 Å². The van der Waals surface area contributed by atoms with Crippen LogP contribution >= 0.6 is 0 Å². The van der Waals surface area contributed by atoms with Gasteiger partial charge in [0.15, 0.2) is 0 Å². The Kier molecular flexibility index (Phi) is 16.6. The lowest BCUT2D eigenvalue weighted by Gasteiger charge is -2.21. The molecule has 50 heavy (non-hydrogen) atoms. The van der Waals surface area contributed by atoms with E-state index >= 15 is 0 Å². The van der Waals surface area contributed by atoms with E-state index in [2.05, 4.69) is 52.0 Å². The molecule has 0 amide bonds. The number of ether oxygens (including phenoxy) is 2. The summed E-state index contributed by atoms with van der Waals surface area (Å²) in [6.45, 7) is 8.79. The second-order valence-electron chi connectivity index (χ2n) is 11.4. The van der Waals surface area contributed by atoms with Crippen LogP contribution in [-0.4, -0.2) is 41.6 Å². The van der Waals surface area contributed by atoms with Crippen LogP contribution in [0.25, 0.3) is 22.3 Å². The van der Waals surface area contributed by atoms with Gasteiger partial charge in [0, 0.05) is 12.8 Å². The largest absolute Gasteiger partial charge is 0.497 e. The summed E-state index contributed by atoms with van der Waals surface area (Å²) >= 11 is 0. The maximum absolute atomic E-state index is 11.6. The van der Waals surface area contributed by atoms with E-state index in [1.54, 1.807) is 7.11 Å². The van der Waals surface area contributed by atoms with Crippen molar-refractivity contribution in [1.29, 1.82) is 0 Å². The molecule has 10 heteroatoms. The van der Waals surface area contributed by atoms with E-state index in [-0.39, 0.29) is 25.1 Å². The van der Waals surface area contributed by atoms with E-state index in [4.69, 9.17) is 28.7 Å². The van der Waals surface area contributed by atoms with Crippen LogP contribution in [-0.2, 0) is 61.1 Å². The first-order valence-corrected chi connectivity index (χ1v) is 16.0. The van der Waals surface area contributed by atoms with E-state index in [1.807, 2.05) is 42.5 Å². The molecule has 0 fully saturated rings. The smallest absolute Gasteiger partial charge is 0.373 e. The topological polar surface area (TPSA) is 161 Å². The van der Waals surface area contributed by atoms with Gasteiger partial charge in [0.2, 0.25) is 0 Å². The van der Waals surface area contributed by atoms with Crippen molar-refractivity contribution in [3.8, 4) is 33.8 Å². The van der Waals surface area contributed by atoms with Crippen LogP contribution in [0.4, 0.5) is 0 Å². The van der Waals surface area contributed by atoms with E-state index in [1.165, 1.54) is 0 Å². The number of carboxylic acids is 2. The standard InChI is InChI=1S/C38H42O6.2CO2/c1-6-27-21-33(43-5)22-29(13-15-34(39)40)37(27)31-17-24(3)36(25(4)18-31)32-19-28(7-2)38(30(20-32)14-16-35(41)42)44-23-26-11-9-8-10-12-26;2*2-1-3/h8-12,17-22H,6-7,13-16,23H2,1-5H3,(H,39,40)(H,41,42);;. The Morgan fingerprint density at radius 2 is 1.14 bits per heavy atom. The summed E-state index contributed by atoms with van der Waals surface area (Å²) in [6.07, 6.45) is 2.86. The summed E-state index contributed by atoms with van der Waals surface area (Å²) in [5, 5.41) is 18.9. The zero-order chi connectivity index (χ0) is 37.2. The van der Waals surface area contributed by atoms with Gasteiger partial charge in [-0.15, -0.1) is 0 Å². The van der Waals surface area contributed by atoms with Crippen LogP contribution in [0.3, 0.4) is 0 Å². The first kappa shape index (κ1) is 40.4. The zero-order valence-electron chi connectivity index (χ0n) is 29.0. The molecule has 262 valence electrons. The Labute approximate surface area is 291 Å². The van der Waals surface area contributed by atoms with Gasteiger partial charge in [-0.25, -0.2) is 0 Å². The first-order chi connectivity index (χ1) is 24.0. The number of methoxy groups -OCH3 is 1. The van der Waals surface area contributed by atoms with Crippen molar-refractivity contribution in [2.75, 3.05) is 7.11 Å². The van der Waals surface area contributed by atoms with Gasteiger partial charge in [-0.2, -0.15) is 19.2 Å². The van der Waals surface area contributed by atoms with E-state index in [0.29, 0.717) is 19.4 Å². The van der Waals surface area contributed by atoms with Gasteiger partial charge in [0.05, 0.1) is 7.11 Å². The molecule has 0 heterocycles. The van der Waals surface area contributed by atoms with Crippen LogP contribution in [0.15, 0.2) is 66.7 Å². The second kappa shape index (κ2) is 20.5. The van der Waals surface area contributed by atoms with Crippen LogP contribution in [0.5, 0.6) is 11.5 Å². The molecule has 0 aliphatic carbocycles. The zero-order valence-corrected chi connectivity index (χ0v) is 29.0. The number of aliphatic carboxylic acids is 2. The molecular weight excluding hydrogens is 640 g/mol. The Morgan fingerprint density at radius 1 is 0.660 bits per heavy atom. The lowest BCUT2D eigenvalue weighted by molar-refractivity contribution is -0.193. The maximum atomic E-state index is 11.6. The first-order valence-electron chi connectivity index (χ1n) is 16.0. The minimum Gasteiger partial charge on any atom is -0.497 e. The number of rotatable bonds is 14. The Balaban J connectivity index is 0.00000135.